The van der Waals surface area contributed by atoms with Gasteiger partial charge in [-0.05, 0) is 24.3 Å². The molecule has 23 heavy (non-hydrogen) atoms. The summed E-state index contributed by atoms with van der Waals surface area (Å²) in [6, 6.07) is 6.73. The van der Waals surface area contributed by atoms with E-state index in [4.69, 9.17) is 4.42 Å². The van der Waals surface area contributed by atoms with E-state index in [1.807, 2.05) is 0 Å². The summed E-state index contributed by atoms with van der Waals surface area (Å²) in [5.41, 5.74) is -0.446. The molecule has 0 bridgehead atoms. The summed E-state index contributed by atoms with van der Waals surface area (Å²) in [5.74, 6) is -2.02. The van der Waals surface area contributed by atoms with Crippen LogP contribution in [0.3, 0.4) is 0 Å². The van der Waals surface area contributed by atoms with Gasteiger partial charge in [-0.3, -0.25) is 9.59 Å². The van der Waals surface area contributed by atoms with E-state index < -0.39 is 23.2 Å². The van der Waals surface area contributed by atoms with Crippen LogP contribution in [0.15, 0.2) is 41.0 Å². The fraction of sp³-hybridized carbons (Fsp3) is 0.250. The summed E-state index contributed by atoms with van der Waals surface area (Å²) < 4.78 is 32.6. The molecule has 1 heterocycles. The maximum Gasteiger partial charge on any atom is 0.224 e. The van der Waals surface area contributed by atoms with Crippen LogP contribution in [0.1, 0.15) is 19.1 Å². The Labute approximate surface area is 131 Å². The third-order valence-corrected chi connectivity index (χ3v) is 3.19. The summed E-state index contributed by atoms with van der Waals surface area (Å²) in [5, 5.41) is 2.60. The summed E-state index contributed by atoms with van der Waals surface area (Å²) in [4.78, 5) is 24.4. The van der Waals surface area contributed by atoms with Gasteiger partial charge in [0.25, 0.3) is 0 Å². The third kappa shape index (κ3) is 4.38. The summed E-state index contributed by atoms with van der Waals surface area (Å²) >= 11 is 0. The van der Waals surface area contributed by atoms with Crippen molar-refractivity contribution in [2.45, 2.75) is 19.9 Å². The average molecular weight is 322 g/mol. The van der Waals surface area contributed by atoms with E-state index in [0.29, 0.717) is 5.76 Å². The lowest BCUT2D eigenvalue weighted by molar-refractivity contribution is -0.121. The van der Waals surface area contributed by atoms with Crippen LogP contribution < -0.4 is 10.2 Å². The Balaban J connectivity index is 1.97. The Morgan fingerprint density at radius 1 is 1.17 bits per heavy atom. The van der Waals surface area contributed by atoms with Gasteiger partial charge in [0.05, 0.1) is 12.8 Å². The fourth-order valence-electron chi connectivity index (χ4n) is 2.07. The predicted octanol–water partition coefficient (Wildman–Crippen LogP) is 2.62. The van der Waals surface area contributed by atoms with Crippen molar-refractivity contribution in [1.82, 2.24) is 5.32 Å². The van der Waals surface area contributed by atoms with Crippen LogP contribution in [-0.4, -0.2) is 18.4 Å². The Hall–Kier alpha value is -2.70. The van der Waals surface area contributed by atoms with E-state index in [2.05, 4.69) is 5.32 Å². The molecule has 0 unspecified atom stereocenters. The summed E-state index contributed by atoms with van der Waals surface area (Å²) in [6.45, 7) is 1.27. The van der Waals surface area contributed by atoms with Gasteiger partial charge < -0.3 is 14.6 Å². The van der Waals surface area contributed by atoms with Crippen molar-refractivity contribution in [2.24, 2.45) is 0 Å². The Bertz CT molecular complexity index is 666. The van der Waals surface area contributed by atoms with Gasteiger partial charge in [0.1, 0.15) is 23.1 Å². The SMILES string of the molecule is CC(=O)N(CCC(=O)NCc1ccco1)c1c(F)cccc1F. The molecule has 7 heteroatoms. The highest BCUT2D eigenvalue weighted by Gasteiger charge is 2.20. The number of furan rings is 1. The van der Waals surface area contributed by atoms with Gasteiger partial charge >= 0.3 is 0 Å². The molecule has 2 rings (SSSR count). The van der Waals surface area contributed by atoms with E-state index in [1.165, 1.54) is 19.3 Å². The normalized spacial score (nSPS) is 10.4. The van der Waals surface area contributed by atoms with Gasteiger partial charge in [-0.2, -0.15) is 0 Å². The van der Waals surface area contributed by atoms with Gasteiger partial charge in [-0.15, -0.1) is 0 Å². The number of halogens is 2. The van der Waals surface area contributed by atoms with Crippen LogP contribution in [0.25, 0.3) is 0 Å². The van der Waals surface area contributed by atoms with Crippen LogP contribution in [0.4, 0.5) is 14.5 Å². The lowest BCUT2D eigenvalue weighted by atomic mass is 10.2. The molecule has 1 aromatic carbocycles. The van der Waals surface area contributed by atoms with Gasteiger partial charge in [0.2, 0.25) is 11.8 Å². The first-order valence-electron chi connectivity index (χ1n) is 7.00. The Kier molecular flexibility index (Phi) is 5.46. The smallest absolute Gasteiger partial charge is 0.224 e. The molecule has 122 valence electrons. The van der Waals surface area contributed by atoms with Crippen molar-refractivity contribution < 1.29 is 22.8 Å². The molecule has 0 saturated heterocycles. The molecule has 0 aliphatic carbocycles. The van der Waals surface area contributed by atoms with E-state index in [1.54, 1.807) is 12.1 Å². The van der Waals surface area contributed by atoms with Crippen molar-refractivity contribution >= 4 is 17.5 Å². The Morgan fingerprint density at radius 3 is 2.43 bits per heavy atom. The number of amides is 2. The zero-order valence-corrected chi connectivity index (χ0v) is 12.5. The zero-order chi connectivity index (χ0) is 16.8. The molecule has 0 fully saturated rings. The maximum atomic E-state index is 13.8. The number of para-hydroxylation sites is 1. The molecule has 0 aliphatic rings. The van der Waals surface area contributed by atoms with Crippen molar-refractivity contribution in [1.29, 1.82) is 0 Å². The molecule has 5 nitrogen and oxygen atoms in total. The number of rotatable bonds is 6. The number of hydrogen-bond donors (Lipinski definition) is 1. The summed E-state index contributed by atoms with van der Waals surface area (Å²) in [6.07, 6.45) is 1.40. The predicted molar refractivity (Wildman–Crippen MR) is 79.6 cm³/mol. The minimum atomic E-state index is -0.851. The molecule has 1 aromatic heterocycles. The van der Waals surface area contributed by atoms with Crippen molar-refractivity contribution in [3.63, 3.8) is 0 Å². The molecule has 0 radical (unpaired) electrons. The molecular weight excluding hydrogens is 306 g/mol. The number of nitrogens with zero attached hydrogens (tertiary/aromatic N) is 1. The largest absolute Gasteiger partial charge is 0.467 e. The highest BCUT2D eigenvalue weighted by Crippen LogP contribution is 2.23. The van der Waals surface area contributed by atoms with Crippen LogP contribution in [0.2, 0.25) is 0 Å². The molecule has 2 aromatic rings. The van der Waals surface area contributed by atoms with E-state index >= 15 is 0 Å². The minimum absolute atomic E-state index is 0.0892. The standard InChI is InChI=1S/C16H16F2N2O3/c1-11(21)20(16-13(17)5-2-6-14(16)18)8-7-15(22)19-10-12-4-3-9-23-12/h2-6,9H,7-8,10H2,1H3,(H,19,22). The molecule has 1 N–H and O–H groups in total. The van der Waals surface area contributed by atoms with Crippen LogP contribution in [0, 0.1) is 11.6 Å². The minimum Gasteiger partial charge on any atom is -0.467 e. The maximum absolute atomic E-state index is 13.8. The number of nitrogens with one attached hydrogen (secondary N) is 1. The third-order valence-electron chi connectivity index (χ3n) is 3.19. The van der Waals surface area contributed by atoms with Crippen molar-refractivity contribution in [2.75, 3.05) is 11.4 Å². The highest BCUT2D eigenvalue weighted by molar-refractivity contribution is 5.92. The average Bonchev–Trinajstić information content (AvgIpc) is 3.01. The van der Waals surface area contributed by atoms with Crippen LogP contribution in [-0.2, 0) is 16.1 Å². The van der Waals surface area contributed by atoms with Crippen molar-refractivity contribution in [3.05, 3.63) is 54.0 Å². The molecule has 0 atom stereocenters. The first-order chi connectivity index (χ1) is 11.0. The van der Waals surface area contributed by atoms with Gasteiger partial charge in [0.15, 0.2) is 0 Å². The molecular formula is C16H16F2N2O3. The second kappa shape index (κ2) is 7.53. The molecule has 0 aliphatic heterocycles. The number of anilines is 1. The van der Waals surface area contributed by atoms with Crippen LogP contribution >= 0.6 is 0 Å². The molecule has 0 spiro atoms. The lowest BCUT2D eigenvalue weighted by Gasteiger charge is -2.22. The van der Waals surface area contributed by atoms with E-state index in [0.717, 1.165) is 17.0 Å². The topological polar surface area (TPSA) is 62.6 Å². The highest BCUT2D eigenvalue weighted by atomic mass is 19.1. The fourth-order valence-corrected chi connectivity index (χ4v) is 2.07. The Morgan fingerprint density at radius 2 is 1.87 bits per heavy atom. The van der Waals surface area contributed by atoms with E-state index in [-0.39, 0.29) is 25.4 Å². The summed E-state index contributed by atoms with van der Waals surface area (Å²) in [7, 11) is 0. The van der Waals surface area contributed by atoms with Crippen molar-refractivity contribution in [3.8, 4) is 0 Å². The van der Waals surface area contributed by atoms with Crippen LogP contribution in [0.5, 0.6) is 0 Å². The number of hydrogen-bond acceptors (Lipinski definition) is 3. The van der Waals surface area contributed by atoms with E-state index in [9.17, 15) is 18.4 Å². The monoisotopic (exact) mass is 322 g/mol. The van der Waals surface area contributed by atoms with Gasteiger partial charge in [-0.1, -0.05) is 6.07 Å². The van der Waals surface area contributed by atoms with Gasteiger partial charge in [-0.25, -0.2) is 8.78 Å². The second-order valence-corrected chi connectivity index (χ2v) is 4.85. The number of benzene rings is 1. The first kappa shape index (κ1) is 16.7. The number of carbonyl (C=O) groups is 2. The molecule has 2 amide bonds. The van der Waals surface area contributed by atoms with Gasteiger partial charge in [0, 0.05) is 19.9 Å². The molecule has 0 saturated carbocycles. The zero-order valence-electron chi connectivity index (χ0n) is 12.5. The number of carbonyl (C=O) groups excluding carboxylic acids is 2. The second-order valence-electron chi connectivity index (χ2n) is 4.85. The lowest BCUT2D eigenvalue weighted by Crippen LogP contribution is -2.34. The quantitative estimate of drug-likeness (QED) is 0.889. The first-order valence-corrected chi connectivity index (χ1v) is 7.00.